The number of methoxy groups -OCH3 is 1. The van der Waals surface area contributed by atoms with Crippen LogP contribution >= 0.6 is 0 Å². The monoisotopic (exact) mass is 275 g/mol. The fourth-order valence-corrected chi connectivity index (χ4v) is 2.36. The molecule has 1 nitrogen and oxygen atoms in total. The number of unbranched alkanes of at least 4 members (excludes halogenated alkanes) is 4. The van der Waals surface area contributed by atoms with E-state index < -0.39 is 0 Å². The van der Waals surface area contributed by atoms with Crippen LogP contribution in [0.25, 0.3) is 5.57 Å². The molecule has 0 amide bonds. The second kappa shape index (κ2) is 10.5. The molecule has 0 unspecified atom stereocenters. The lowest BCUT2D eigenvalue weighted by molar-refractivity contribution is 0.413. The fraction of sp³-hybridized carbons (Fsp3) is 0.579. The van der Waals surface area contributed by atoms with Crippen LogP contribution in [0, 0.1) is 0 Å². The first-order valence-electron chi connectivity index (χ1n) is 8.56. The Labute approximate surface area is 126 Å². The molecule has 0 aliphatic carbocycles. The molecule has 112 valence electrons. The van der Waals surface area contributed by atoms with Gasteiger partial charge in [0.15, 0.2) is 0 Å². The van der Waals surface area contributed by atoms with Crippen LogP contribution in [0.15, 0.2) is 30.3 Å². The zero-order chi connectivity index (χ0) is 15.5. The smallest absolute Gasteiger partial charge is 0.126 e. The van der Waals surface area contributed by atoms with Gasteiger partial charge in [-0.3, -0.25) is 0 Å². The normalized spacial score (nSPS) is 12.8. The summed E-state index contributed by atoms with van der Waals surface area (Å²) in [6, 6.07) is 8.91. The Balaban J connectivity index is 2.94. The molecule has 0 N–H and O–H groups in total. The molecule has 1 aromatic carbocycles. The molecule has 0 radical (unpaired) electrons. The van der Waals surface area contributed by atoms with E-state index in [1.165, 1.54) is 24.8 Å². The number of para-hydroxylation sites is 1. The highest BCUT2D eigenvalue weighted by Crippen LogP contribution is 2.30. The van der Waals surface area contributed by atoms with E-state index in [-0.39, 0.29) is 0 Å². The zero-order valence-corrected chi connectivity index (χ0v) is 13.4. The van der Waals surface area contributed by atoms with Crippen molar-refractivity contribution < 1.29 is 6.11 Å². The van der Waals surface area contributed by atoms with Gasteiger partial charge in [0.05, 0.1) is 8.48 Å². The Bertz CT molecular complexity index is 437. The van der Waals surface area contributed by atoms with Crippen molar-refractivity contribution in [3.63, 3.8) is 0 Å². The maximum atomic E-state index is 8.45. The van der Waals surface area contributed by atoms with E-state index in [1.807, 2.05) is 18.2 Å². The van der Waals surface area contributed by atoms with Gasteiger partial charge in [-0.2, -0.15) is 0 Å². The highest BCUT2D eigenvalue weighted by molar-refractivity contribution is 5.70. The first-order valence-corrected chi connectivity index (χ1v) is 8.06. The number of hydrogen-bond donors (Lipinski definition) is 0. The van der Waals surface area contributed by atoms with Gasteiger partial charge in [-0.1, -0.05) is 70.2 Å². The van der Waals surface area contributed by atoms with Crippen molar-refractivity contribution in [3.05, 3.63) is 35.9 Å². The molecule has 0 spiro atoms. The number of hydrogen-bond acceptors (Lipinski definition) is 1. The van der Waals surface area contributed by atoms with E-state index in [1.54, 1.807) is 7.11 Å². The van der Waals surface area contributed by atoms with Crippen LogP contribution in [-0.2, 0) is 0 Å². The Morgan fingerprint density at radius 3 is 2.55 bits per heavy atom. The molecule has 0 atom stereocenters. The largest absolute Gasteiger partial charge is 0.496 e. The van der Waals surface area contributed by atoms with Gasteiger partial charge in [-0.05, 0) is 30.9 Å². The molecular formula is C19H30O. The molecule has 0 saturated carbocycles. The maximum absolute atomic E-state index is 8.45. The summed E-state index contributed by atoms with van der Waals surface area (Å²) >= 11 is 0. The Hall–Kier alpha value is -1.24. The average molecular weight is 275 g/mol. The summed E-state index contributed by atoms with van der Waals surface area (Å²) in [5, 5.41) is 0. The molecule has 0 aromatic heterocycles. The highest BCUT2D eigenvalue weighted by Gasteiger charge is 2.07. The SMILES string of the molecule is [2H]/C(CCCC)=C(\CCCCCC)c1ccccc1OC. The van der Waals surface area contributed by atoms with Crippen LogP contribution in [0.4, 0.5) is 0 Å². The molecule has 0 aliphatic rings. The topological polar surface area (TPSA) is 9.23 Å². The van der Waals surface area contributed by atoms with Crippen LogP contribution < -0.4 is 4.74 Å². The number of benzene rings is 1. The molecule has 20 heavy (non-hydrogen) atoms. The molecule has 0 fully saturated rings. The van der Waals surface area contributed by atoms with Gasteiger partial charge >= 0.3 is 0 Å². The molecule has 1 rings (SSSR count). The van der Waals surface area contributed by atoms with Crippen LogP contribution in [0.3, 0.4) is 0 Å². The predicted octanol–water partition coefficient (Wildman–Crippen LogP) is 6.24. The molecule has 0 heterocycles. The summed E-state index contributed by atoms with van der Waals surface area (Å²) in [6.45, 7) is 4.41. The maximum Gasteiger partial charge on any atom is 0.126 e. The van der Waals surface area contributed by atoms with Gasteiger partial charge in [-0.25, -0.2) is 0 Å². The third-order valence-electron chi connectivity index (χ3n) is 3.58. The minimum absolute atomic E-state index is 0.790. The van der Waals surface area contributed by atoms with Gasteiger partial charge in [0.2, 0.25) is 0 Å². The Morgan fingerprint density at radius 2 is 1.85 bits per heavy atom. The van der Waals surface area contributed by atoms with Crippen molar-refractivity contribution in [1.29, 1.82) is 0 Å². The highest BCUT2D eigenvalue weighted by atomic mass is 16.5. The quantitative estimate of drug-likeness (QED) is 0.459. The van der Waals surface area contributed by atoms with Crippen molar-refractivity contribution in [3.8, 4) is 5.75 Å². The van der Waals surface area contributed by atoms with Gasteiger partial charge < -0.3 is 4.74 Å². The van der Waals surface area contributed by atoms with Gasteiger partial charge in [0.1, 0.15) is 5.75 Å². The van der Waals surface area contributed by atoms with Gasteiger partial charge in [-0.15, -0.1) is 0 Å². The second-order valence-corrected chi connectivity index (χ2v) is 5.27. The van der Waals surface area contributed by atoms with E-state index in [0.29, 0.717) is 0 Å². The summed E-state index contributed by atoms with van der Waals surface area (Å²) in [7, 11) is 1.71. The van der Waals surface area contributed by atoms with Crippen LogP contribution in [0.2, 0.25) is 0 Å². The molecule has 0 saturated heterocycles. The first-order chi connectivity index (χ1) is 10.2. The standard InChI is InChI=1S/C19H30O/c1-4-6-8-10-14-17(13-9-7-5-2)18-15-11-12-16-19(18)20-3/h11-13,15-16H,4-10,14H2,1-3H3/b17-13-/i13D. The lowest BCUT2D eigenvalue weighted by Crippen LogP contribution is -1.92. The van der Waals surface area contributed by atoms with Gasteiger partial charge in [0, 0.05) is 5.56 Å². The summed E-state index contributed by atoms with van der Waals surface area (Å²) in [4.78, 5) is 0. The minimum atomic E-state index is 0.790. The fourth-order valence-electron chi connectivity index (χ4n) is 2.36. The predicted molar refractivity (Wildman–Crippen MR) is 89.3 cm³/mol. The molecule has 1 heteroatoms. The third-order valence-corrected chi connectivity index (χ3v) is 3.58. The van der Waals surface area contributed by atoms with Crippen LogP contribution in [-0.4, -0.2) is 7.11 Å². The van der Waals surface area contributed by atoms with E-state index in [9.17, 15) is 0 Å². The molecule has 0 aliphatic heterocycles. The summed E-state index contributed by atoms with van der Waals surface area (Å²) in [5.74, 6) is 0.893. The summed E-state index contributed by atoms with van der Waals surface area (Å²) in [5.41, 5.74) is 2.29. The van der Waals surface area contributed by atoms with E-state index in [0.717, 1.165) is 49.5 Å². The average Bonchev–Trinajstić information content (AvgIpc) is 2.52. The Kier molecular flexibility index (Phi) is 7.98. The van der Waals surface area contributed by atoms with Gasteiger partial charge in [0.25, 0.3) is 0 Å². The third kappa shape index (κ3) is 5.81. The van der Waals surface area contributed by atoms with Crippen molar-refractivity contribution >= 4 is 5.57 Å². The van der Waals surface area contributed by atoms with Crippen molar-refractivity contribution in [1.82, 2.24) is 0 Å². The molecule has 0 bridgehead atoms. The first kappa shape index (κ1) is 15.2. The summed E-state index contributed by atoms with van der Waals surface area (Å²) < 4.78 is 13.9. The van der Waals surface area contributed by atoms with Crippen molar-refractivity contribution in [2.45, 2.75) is 65.2 Å². The lowest BCUT2D eigenvalue weighted by Gasteiger charge is -2.12. The summed E-state index contributed by atoms with van der Waals surface area (Å²) in [6.07, 6.45) is 9.02. The van der Waals surface area contributed by atoms with Crippen LogP contribution in [0.1, 0.15) is 72.1 Å². The lowest BCUT2D eigenvalue weighted by atomic mass is 9.97. The number of ether oxygens (including phenoxy) is 1. The van der Waals surface area contributed by atoms with Crippen LogP contribution in [0.5, 0.6) is 5.75 Å². The Morgan fingerprint density at radius 1 is 1.10 bits per heavy atom. The zero-order valence-electron chi connectivity index (χ0n) is 14.4. The number of allylic oxidation sites excluding steroid dienone is 2. The van der Waals surface area contributed by atoms with Crippen molar-refractivity contribution in [2.75, 3.05) is 7.11 Å². The molecular weight excluding hydrogens is 244 g/mol. The minimum Gasteiger partial charge on any atom is -0.496 e. The van der Waals surface area contributed by atoms with Crippen molar-refractivity contribution in [2.24, 2.45) is 0 Å². The van der Waals surface area contributed by atoms with E-state index in [2.05, 4.69) is 19.9 Å². The second-order valence-electron chi connectivity index (χ2n) is 5.27. The van der Waals surface area contributed by atoms with E-state index in [4.69, 9.17) is 6.11 Å². The van der Waals surface area contributed by atoms with E-state index >= 15 is 0 Å². The number of rotatable bonds is 10. The molecule has 1 aromatic rings.